The number of benzene rings is 1. The van der Waals surface area contributed by atoms with E-state index in [9.17, 15) is 0 Å². The zero-order chi connectivity index (χ0) is 10.3. The lowest BCUT2D eigenvalue weighted by Crippen LogP contribution is -2.12. The Hall–Kier alpha value is -1.03. The minimum atomic E-state index is 0.712. The van der Waals surface area contributed by atoms with Crippen molar-refractivity contribution in [3.05, 3.63) is 11.1 Å². The monoisotopic (exact) mass is 210 g/mol. The summed E-state index contributed by atoms with van der Waals surface area (Å²) in [6.45, 7) is 4.68. The van der Waals surface area contributed by atoms with Crippen LogP contribution in [0.5, 0.6) is 5.75 Å². The number of hydrogen-bond acceptors (Lipinski definition) is 4. The van der Waals surface area contributed by atoms with E-state index < -0.39 is 0 Å². The molecule has 4 heteroatoms. The van der Waals surface area contributed by atoms with Gasteiger partial charge in [0.05, 0.1) is 22.9 Å². The van der Waals surface area contributed by atoms with Crippen LogP contribution in [0, 0.1) is 13.8 Å². The predicted molar refractivity (Wildman–Crippen MR) is 61.0 cm³/mol. The van der Waals surface area contributed by atoms with Gasteiger partial charge in [-0.15, -0.1) is 11.8 Å². The molecule has 76 valence electrons. The van der Waals surface area contributed by atoms with Gasteiger partial charge in [-0.05, 0) is 25.0 Å². The highest BCUT2D eigenvalue weighted by Gasteiger charge is 2.20. The van der Waals surface area contributed by atoms with Gasteiger partial charge in [-0.2, -0.15) is 0 Å². The maximum Gasteiger partial charge on any atom is 0.158 e. The highest BCUT2D eigenvalue weighted by Crippen LogP contribution is 2.45. The molecule has 14 heavy (non-hydrogen) atoms. The third kappa shape index (κ3) is 1.21. The van der Waals surface area contributed by atoms with Crippen LogP contribution in [-0.2, 0) is 0 Å². The lowest BCUT2D eigenvalue weighted by Gasteiger charge is -2.23. The Balaban J connectivity index is 2.71. The number of hydrogen-bond donors (Lipinski definition) is 2. The summed E-state index contributed by atoms with van der Waals surface area (Å²) < 4.78 is 5.55. The van der Waals surface area contributed by atoms with Crippen molar-refractivity contribution in [2.75, 3.05) is 23.8 Å². The van der Waals surface area contributed by atoms with Crippen molar-refractivity contribution < 1.29 is 4.74 Å². The van der Waals surface area contributed by atoms with Gasteiger partial charge in [0.1, 0.15) is 0 Å². The second-order valence-corrected chi connectivity index (χ2v) is 4.54. The van der Waals surface area contributed by atoms with Crippen molar-refractivity contribution in [2.24, 2.45) is 0 Å². The summed E-state index contributed by atoms with van der Waals surface area (Å²) in [7, 11) is 0. The van der Waals surface area contributed by atoms with Crippen LogP contribution in [0.15, 0.2) is 4.90 Å². The van der Waals surface area contributed by atoms with Crippen LogP contribution in [0.25, 0.3) is 0 Å². The summed E-state index contributed by atoms with van der Waals surface area (Å²) in [6, 6.07) is 0. The topological polar surface area (TPSA) is 61.3 Å². The zero-order valence-electron chi connectivity index (χ0n) is 8.39. The highest BCUT2D eigenvalue weighted by molar-refractivity contribution is 7.99. The van der Waals surface area contributed by atoms with Gasteiger partial charge in [0.15, 0.2) is 5.75 Å². The van der Waals surface area contributed by atoms with Crippen LogP contribution in [0.2, 0.25) is 0 Å². The Bertz CT molecular complexity index is 353. The van der Waals surface area contributed by atoms with E-state index in [4.69, 9.17) is 16.2 Å². The van der Waals surface area contributed by atoms with Crippen LogP contribution in [0.4, 0.5) is 11.4 Å². The van der Waals surface area contributed by atoms with E-state index in [-0.39, 0.29) is 0 Å². The van der Waals surface area contributed by atoms with Gasteiger partial charge in [0.2, 0.25) is 0 Å². The summed E-state index contributed by atoms with van der Waals surface area (Å²) in [4.78, 5) is 1.01. The van der Waals surface area contributed by atoms with E-state index in [2.05, 4.69) is 0 Å². The molecule has 0 fully saturated rings. The van der Waals surface area contributed by atoms with Crippen LogP contribution in [0.3, 0.4) is 0 Å². The van der Waals surface area contributed by atoms with Gasteiger partial charge in [-0.1, -0.05) is 0 Å². The Morgan fingerprint density at radius 3 is 2.50 bits per heavy atom. The van der Waals surface area contributed by atoms with Gasteiger partial charge in [-0.3, -0.25) is 0 Å². The summed E-state index contributed by atoms with van der Waals surface area (Å²) in [5, 5.41) is 0. The van der Waals surface area contributed by atoms with Gasteiger partial charge < -0.3 is 16.2 Å². The third-order valence-corrected chi connectivity index (χ3v) is 3.71. The molecular weight excluding hydrogens is 196 g/mol. The lowest BCUT2D eigenvalue weighted by atomic mass is 10.1. The second-order valence-electron chi connectivity index (χ2n) is 3.43. The van der Waals surface area contributed by atoms with E-state index in [1.807, 2.05) is 13.8 Å². The lowest BCUT2D eigenvalue weighted by molar-refractivity contribution is 0.332. The molecule has 4 N–H and O–H groups in total. The molecule has 0 aromatic heterocycles. The predicted octanol–water partition coefficient (Wildman–Crippen LogP) is 1.95. The van der Waals surface area contributed by atoms with Gasteiger partial charge >= 0.3 is 0 Å². The normalized spacial score (nSPS) is 14.7. The SMILES string of the molecule is Cc1c(C)c(N)c2c(c1N)OCCS2. The fourth-order valence-corrected chi connectivity index (χ4v) is 2.54. The van der Waals surface area contributed by atoms with E-state index in [1.165, 1.54) is 0 Å². The van der Waals surface area contributed by atoms with Crippen molar-refractivity contribution in [1.82, 2.24) is 0 Å². The van der Waals surface area contributed by atoms with Gasteiger partial charge in [0, 0.05) is 5.75 Å². The summed E-state index contributed by atoms with van der Waals surface area (Å²) in [5.41, 5.74) is 15.6. The van der Waals surface area contributed by atoms with Crippen molar-refractivity contribution >= 4 is 23.1 Å². The van der Waals surface area contributed by atoms with Crippen molar-refractivity contribution in [3.8, 4) is 5.75 Å². The maximum atomic E-state index is 6.02. The van der Waals surface area contributed by atoms with Gasteiger partial charge in [0.25, 0.3) is 0 Å². The fraction of sp³-hybridized carbons (Fsp3) is 0.400. The number of ether oxygens (including phenoxy) is 1. The number of thioether (sulfide) groups is 1. The average molecular weight is 210 g/mol. The van der Waals surface area contributed by atoms with Crippen molar-refractivity contribution in [1.29, 1.82) is 0 Å². The fourth-order valence-electron chi connectivity index (χ4n) is 1.56. The summed E-state index contributed by atoms with van der Waals surface area (Å²) in [5.74, 6) is 1.72. The molecule has 0 amide bonds. The molecule has 1 aliphatic heterocycles. The first-order chi connectivity index (χ1) is 6.63. The zero-order valence-corrected chi connectivity index (χ0v) is 9.20. The smallest absolute Gasteiger partial charge is 0.158 e. The minimum Gasteiger partial charge on any atom is -0.489 e. The maximum absolute atomic E-state index is 6.02. The summed E-state index contributed by atoms with van der Waals surface area (Å²) in [6.07, 6.45) is 0. The van der Waals surface area contributed by atoms with E-state index >= 15 is 0 Å². The number of nitrogen functional groups attached to an aromatic ring is 2. The number of rotatable bonds is 0. The molecule has 0 saturated heterocycles. The van der Waals surface area contributed by atoms with Crippen molar-refractivity contribution in [2.45, 2.75) is 18.7 Å². The molecule has 0 saturated carbocycles. The first-order valence-electron chi connectivity index (χ1n) is 4.56. The Labute approximate surface area is 87.8 Å². The molecule has 1 heterocycles. The van der Waals surface area contributed by atoms with Crippen molar-refractivity contribution in [3.63, 3.8) is 0 Å². The summed E-state index contributed by atoms with van der Waals surface area (Å²) >= 11 is 1.72. The minimum absolute atomic E-state index is 0.712. The molecule has 0 aliphatic carbocycles. The standard InChI is InChI=1S/C10H14N2OS/c1-5-6(2)8(12)10-9(7(5)11)13-3-4-14-10/h3-4,11-12H2,1-2H3. The molecule has 1 aromatic rings. The number of anilines is 2. The molecule has 0 spiro atoms. The molecule has 2 rings (SSSR count). The van der Waals surface area contributed by atoms with Crippen LogP contribution >= 0.6 is 11.8 Å². The number of nitrogens with two attached hydrogens (primary N) is 2. The molecule has 1 aliphatic rings. The highest BCUT2D eigenvalue weighted by atomic mass is 32.2. The molecule has 0 atom stereocenters. The van der Waals surface area contributed by atoms with E-state index in [0.29, 0.717) is 6.61 Å². The largest absolute Gasteiger partial charge is 0.489 e. The second kappa shape index (κ2) is 3.28. The van der Waals surface area contributed by atoms with Crippen LogP contribution in [-0.4, -0.2) is 12.4 Å². The quantitative estimate of drug-likeness (QED) is 0.642. The number of fused-ring (bicyclic) bond motifs is 1. The molecular formula is C10H14N2OS. The van der Waals surface area contributed by atoms with Gasteiger partial charge in [-0.25, -0.2) is 0 Å². The molecule has 0 bridgehead atoms. The Morgan fingerprint density at radius 2 is 1.79 bits per heavy atom. The first-order valence-corrected chi connectivity index (χ1v) is 5.55. The Morgan fingerprint density at radius 1 is 1.14 bits per heavy atom. The molecule has 1 aromatic carbocycles. The molecule has 0 radical (unpaired) electrons. The van der Waals surface area contributed by atoms with Crippen LogP contribution in [0.1, 0.15) is 11.1 Å². The van der Waals surface area contributed by atoms with E-state index in [0.717, 1.165) is 38.9 Å². The Kier molecular flexibility index (Phi) is 2.23. The third-order valence-electron chi connectivity index (χ3n) is 2.64. The average Bonchev–Trinajstić information content (AvgIpc) is 2.23. The van der Waals surface area contributed by atoms with E-state index in [1.54, 1.807) is 11.8 Å². The molecule has 0 unspecified atom stereocenters. The van der Waals surface area contributed by atoms with Crippen LogP contribution < -0.4 is 16.2 Å². The first kappa shape index (κ1) is 9.52. The molecule has 3 nitrogen and oxygen atoms in total.